The fourth-order valence-corrected chi connectivity index (χ4v) is 0. The van der Waals surface area contributed by atoms with Gasteiger partial charge in [0.05, 0.1) is 0 Å². The molecular formula is H2CuMo2OS2. The fraction of sp³-hybridized carbons (Fsp3) is 0. The molecule has 0 aromatic heterocycles. The predicted molar refractivity (Wildman–Crippen MR) is 17.6 cm³/mol. The van der Waals surface area contributed by atoms with Gasteiger partial charge in [0.2, 0.25) is 0 Å². The molecule has 0 bridgehead atoms. The van der Waals surface area contributed by atoms with Crippen LogP contribution >= 0.6 is 0 Å². The van der Waals surface area contributed by atoms with Crippen molar-refractivity contribution >= 4 is 23.3 Å². The van der Waals surface area contributed by atoms with Crippen molar-refractivity contribution in [1.82, 2.24) is 0 Å². The van der Waals surface area contributed by atoms with Gasteiger partial charge in [0.25, 0.3) is 0 Å². The van der Waals surface area contributed by atoms with E-state index in [-0.39, 0.29) is 45.0 Å². The third-order valence-corrected chi connectivity index (χ3v) is 0. The Morgan fingerprint density at radius 3 is 1.17 bits per heavy atom. The summed E-state index contributed by atoms with van der Waals surface area (Å²) in [5.74, 6) is 0. The van der Waals surface area contributed by atoms with Crippen molar-refractivity contribution in [3.63, 3.8) is 0 Å². The molecule has 0 aliphatic rings. The van der Waals surface area contributed by atoms with Gasteiger partial charge in [-0.05, 0) is 0 Å². The average molecular weight is 338 g/mol. The predicted octanol–water partition coefficient (Wildman–Crippen LogP) is 0.0939. The van der Waals surface area contributed by atoms with Gasteiger partial charge in [0.1, 0.15) is 0 Å². The molecule has 0 aromatic rings. The smallest absolute Gasteiger partial charge is 1.00 e. The molecule has 0 atom stereocenters. The quantitative estimate of drug-likeness (QED) is 0.354. The molecule has 0 N–H and O–H groups in total. The SMILES string of the molecule is [H+].[H+].[Mo].[Mo].[O]=[Cu].[S-][S-]. The summed E-state index contributed by atoms with van der Waals surface area (Å²) < 4.78 is 7.81. The van der Waals surface area contributed by atoms with E-state index in [0.717, 1.165) is 0 Å². The minimum absolute atomic E-state index is 0. The van der Waals surface area contributed by atoms with Gasteiger partial charge in [-0.15, -0.1) is 0 Å². The van der Waals surface area contributed by atoms with Crippen LogP contribution in [0.15, 0.2) is 0 Å². The van der Waals surface area contributed by atoms with Gasteiger partial charge < -0.3 is 23.3 Å². The molecule has 0 unspecified atom stereocenters. The summed E-state index contributed by atoms with van der Waals surface area (Å²) in [6.45, 7) is 0. The number of hydrogen-bond acceptors (Lipinski definition) is 3. The van der Waals surface area contributed by atoms with Gasteiger partial charge in [-0.25, -0.2) is 0 Å². The molecule has 0 heterocycles. The fourth-order valence-electron chi connectivity index (χ4n) is 0. The molecule has 0 saturated heterocycles. The Kier molecular flexibility index (Phi) is 209. The molecule has 1 nitrogen and oxygen atoms in total. The van der Waals surface area contributed by atoms with E-state index in [4.69, 9.17) is 3.83 Å². The second-order valence-corrected chi connectivity index (χ2v) is 0. The molecule has 0 fully saturated rings. The van der Waals surface area contributed by atoms with Crippen LogP contribution in [-0.2, 0) is 85.2 Å². The van der Waals surface area contributed by atoms with Crippen molar-refractivity contribution in [2.45, 2.75) is 0 Å². The summed E-state index contributed by atoms with van der Waals surface area (Å²) >= 11 is 10.3. The van der Waals surface area contributed by atoms with Crippen LogP contribution in [0, 0.1) is 0 Å². The van der Waals surface area contributed by atoms with Gasteiger partial charge in [-0.2, -0.15) is 0 Å². The largest absolute Gasteiger partial charge is 1.00 e. The van der Waals surface area contributed by atoms with Crippen molar-refractivity contribution in [2.24, 2.45) is 0 Å². The van der Waals surface area contributed by atoms with Crippen LogP contribution in [0.25, 0.3) is 0 Å². The van der Waals surface area contributed by atoms with E-state index in [0.29, 0.717) is 0 Å². The first kappa shape index (κ1) is 23.8. The zero-order valence-corrected chi connectivity index (χ0v) is 8.93. The number of hydrogen-bond donors (Lipinski definition) is 0. The van der Waals surface area contributed by atoms with Gasteiger partial charge in [-0.3, -0.25) is 0 Å². The molecule has 43 valence electrons. The van der Waals surface area contributed by atoms with Gasteiger partial charge in [0, 0.05) is 42.1 Å². The third-order valence-electron chi connectivity index (χ3n) is 0. The Morgan fingerprint density at radius 2 is 1.17 bits per heavy atom. The van der Waals surface area contributed by atoms with Crippen LogP contribution in [0.2, 0.25) is 0 Å². The molecule has 0 aliphatic carbocycles. The molecular weight excluding hydrogens is 336 g/mol. The molecule has 0 aliphatic heterocycles. The van der Waals surface area contributed by atoms with Crippen molar-refractivity contribution in [3.05, 3.63) is 0 Å². The van der Waals surface area contributed by atoms with Crippen LogP contribution in [0.4, 0.5) is 0 Å². The molecule has 6 heavy (non-hydrogen) atoms. The maximum absolute atomic E-state index is 7.81. The minimum atomic E-state index is 0. The average Bonchev–Trinajstić information content (AvgIpc) is 1.50. The van der Waals surface area contributed by atoms with E-state index in [1.165, 1.54) is 0 Å². The van der Waals surface area contributed by atoms with Crippen molar-refractivity contribution in [2.75, 3.05) is 0 Å². The van der Waals surface area contributed by atoms with Crippen molar-refractivity contribution < 1.29 is 64.8 Å². The normalized spacial score (nSPS) is 2.00. The summed E-state index contributed by atoms with van der Waals surface area (Å²) in [5, 5.41) is 0. The van der Waals surface area contributed by atoms with Crippen LogP contribution in [0.5, 0.6) is 0 Å². The first-order chi connectivity index (χ1) is 2.00. The van der Waals surface area contributed by atoms with Gasteiger partial charge in [-0.1, -0.05) is 0 Å². The zero-order chi connectivity index (χ0) is 4.00. The van der Waals surface area contributed by atoms with E-state index in [2.05, 4.69) is 39.3 Å². The Balaban J connectivity index is -0.00000000167. The first-order valence-corrected chi connectivity index (χ1v) is 2.01. The second kappa shape index (κ2) is 52.7. The van der Waals surface area contributed by atoms with Crippen molar-refractivity contribution in [3.8, 4) is 0 Å². The standard InChI is InChI=1S/Cu.2Mo.O.S2/c;;;;1-2/q;;;;-2/p+2. The zero-order valence-electron chi connectivity index (χ0n) is 4.34. The summed E-state index contributed by atoms with van der Waals surface area (Å²) in [4.78, 5) is 0. The summed E-state index contributed by atoms with van der Waals surface area (Å²) in [7, 11) is 0. The maximum Gasteiger partial charge on any atom is -1.00 e. The summed E-state index contributed by atoms with van der Waals surface area (Å²) in [6.07, 6.45) is 0. The topological polar surface area (TPSA) is 17.1 Å². The summed E-state index contributed by atoms with van der Waals surface area (Å²) in [5.41, 5.74) is 0. The number of rotatable bonds is 0. The van der Waals surface area contributed by atoms with Gasteiger partial charge in [0.15, 0.2) is 0 Å². The minimum Gasteiger partial charge on any atom is -1.00 e. The van der Waals surface area contributed by atoms with E-state index >= 15 is 0 Å². The Hall–Kier alpha value is 2.40. The van der Waals surface area contributed by atoms with Gasteiger partial charge >= 0.3 is 22.6 Å². The molecule has 0 saturated carbocycles. The molecule has 0 aromatic carbocycles. The molecule has 0 spiro atoms. The van der Waals surface area contributed by atoms with Crippen LogP contribution in [0.1, 0.15) is 2.85 Å². The molecule has 0 amide bonds. The van der Waals surface area contributed by atoms with Crippen LogP contribution in [-0.4, -0.2) is 0 Å². The van der Waals surface area contributed by atoms with Crippen molar-refractivity contribution in [1.29, 1.82) is 0 Å². The van der Waals surface area contributed by atoms with E-state index in [9.17, 15) is 0 Å². The summed E-state index contributed by atoms with van der Waals surface area (Å²) in [6, 6.07) is 0. The van der Waals surface area contributed by atoms with Crippen LogP contribution < -0.4 is 0 Å². The van der Waals surface area contributed by atoms with E-state index < -0.39 is 0 Å². The Morgan fingerprint density at radius 1 is 1.17 bits per heavy atom. The molecule has 6 heteroatoms. The van der Waals surface area contributed by atoms with E-state index in [1.807, 2.05) is 0 Å². The first-order valence-electron chi connectivity index (χ1n) is 0.290. The Labute approximate surface area is 87.1 Å². The second-order valence-electron chi connectivity index (χ2n) is 0. The Bertz CT molecular complexity index is 18.0. The third kappa shape index (κ3) is 32.4. The van der Waals surface area contributed by atoms with Crippen LogP contribution in [0.3, 0.4) is 0 Å². The maximum atomic E-state index is 7.81. The molecule has 0 radical (unpaired) electrons. The monoisotopic (exact) mass is 341 g/mol. The molecule has 0 rings (SSSR count). The van der Waals surface area contributed by atoms with E-state index in [1.54, 1.807) is 0 Å².